The SMILES string of the molecule is C#CCCN(C)C(C)(C)C.Cl. The molecule has 1 nitrogen and oxygen atoms in total. The summed E-state index contributed by atoms with van der Waals surface area (Å²) < 4.78 is 0. The molecule has 0 saturated heterocycles. The first-order valence-corrected chi connectivity index (χ1v) is 3.63. The van der Waals surface area contributed by atoms with Gasteiger partial charge in [0.2, 0.25) is 0 Å². The van der Waals surface area contributed by atoms with Gasteiger partial charge in [-0.1, -0.05) is 0 Å². The Labute approximate surface area is 76.6 Å². The Balaban J connectivity index is 0. The predicted octanol–water partition coefficient (Wildman–Crippen LogP) is 2.16. The van der Waals surface area contributed by atoms with E-state index in [0.717, 1.165) is 13.0 Å². The Bertz CT molecular complexity index is 129. The average molecular weight is 176 g/mol. The molecule has 0 aromatic heterocycles. The van der Waals surface area contributed by atoms with Crippen molar-refractivity contribution in [1.82, 2.24) is 4.90 Å². The zero-order chi connectivity index (χ0) is 8.20. The standard InChI is InChI=1S/C9H17N.ClH/c1-6-7-8-10(5)9(2,3)4;/h1H,7-8H2,2-5H3;1H. The summed E-state index contributed by atoms with van der Waals surface area (Å²) in [6.07, 6.45) is 5.98. The lowest BCUT2D eigenvalue weighted by molar-refractivity contribution is 0.180. The molecular weight excluding hydrogens is 158 g/mol. The van der Waals surface area contributed by atoms with E-state index in [4.69, 9.17) is 6.42 Å². The van der Waals surface area contributed by atoms with Crippen molar-refractivity contribution < 1.29 is 0 Å². The molecule has 0 aliphatic rings. The highest BCUT2D eigenvalue weighted by molar-refractivity contribution is 5.85. The van der Waals surface area contributed by atoms with E-state index in [1.54, 1.807) is 0 Å². The first-order chi connectivity index (χ1) is 4.48. The quantitative estimate of drug-likeness (QED) is 0.582. The van der Waals surface area contributed by atoms with Crippen LogP contribution in [0.25, 0.3) is 0 Å². The van der Waals surface area contributed by atoms with Gasteiger partial charge in [-0.2, -0.15) is 0 Å². The lowest BCUT2D eigenvalue weighted by Gasteiger charge is -2.31. The summed E-state index contributed by atoms with van der Waals surface area (Å²) in [6.45, 7) is 7.54. The molecule has 2 heteroatoms. The zero-order valence-corrected chi connectivity index (χ0v) is 8.66. The smallest absolute Gasteiger partial charge is 0.0214 e. The van der Waals surface area contributed by atoms with Gasteiger partial charge < -0.3 is 4.90 Å². The normalized spacial score (nSPS) is 10.5. The number of hydrogen-bond donors (Lipinski definition) is 0. The largest absolute Gasteiger partial charge is 0.301 e. The minimum absolute atomic E-state index is 0. The molecule has 0 aromatic carbocycles. The second kappa shape index (κ2) is 5.46. The fraction of sp³-hybridized carbons (Fsp3) is 0.778. The summed E-state index contributed by atoms with van der Waals surface area (Å²) in [5.74, 6) is 2.63. The Hall–Kier alpha value is -0.190. The van der Waals surface area contributed by atoms with Gasteiger partial charge in [0.25, 0.3) is 0 Å². The monoisotopic (exact) mass is 175 g/mol. The highest BCUT2D eigenvalue weighted by Gasteiger charge is 2.14. The van der Waals surface area contributed by atoms with Crippen molar-refractivity contribution in [3.8, 4) is 12.3 Å². The average Bonchev–Trinajstić information content (AvgIpc) is 1.80. The van der Waals surface area contributed by atoms with Crippen LogP contribution in [0.4, 0.5) is 0 Å². The van der Waals surface area contributed by atoms with Crippen molar-refractivity contribution in [2.75, 3.05) is 13.6 Å². The van der Waals surface area contributed by atoms with Crippen molar-refractivity contribution in [3.05, 3.63) is 0 Å². The van der Waals surface area contributed by atoms with E-state index >= 15 is 0 Å². The maximum atomic E-state index is 5.14. The molecule has 11 heavy (non-hydrogen) atoms. The van der Waals surface area contributed by atoms with Crippen LogP contribution in [0.5, 0.6) is 0 Å². The fourth-order valence-corrected chi connectivity index (χ4v) is 0.568. The third-order valence-corrected chi connectivity index (χ3v) is 1.74. The predicted molar refractivity (Wildman–Crippen MR) is 53.1 cm³/mol. The first-order valence-electron chi connectivity index (χ1n) is 3.63. The van der Waals surface area contributed by atoms with Gasteiger partial charge in [-0.3, -0.25) is 0 Å². The number of nitrogens with zero attached hydrogens (tertiary/aromatic N) is 1. The summed E-state index contributed by atoms with van der Waals surface area (Å²) in [6, 6.07) is 0. The van der Waals surface area contributed by atoms with E-state index < -0.39 is 0 Å². The van der Waals surface area contributed by atoms with Gasteiger partial charge in [0.1, 0.15) is 0 Å². The zero-order valence-electron chi connectivity index (χ0n) is 7.85. The van der Waals surface area contributed by atoms with Crippen molar-refractivity contribution >= 4 is 12.4 Å². The van der Waals surface area contributed by atoms with Gasteiger partial charge in [0.15, 0.2) is 0 Å². The molecule has 0 aliphatic heterocycles. The Kier molecular flexibility index (Phi) is 6.65. The van der Waals surface area contributed by atoms with Crippen molar-refractivity contribution in [2.45, 2.75) is 32.7 Å². The highest BCUT2D eigenvalue weighted by atomic mass is 35.5. The van der Waals surface area contributed by atoms with E-state index in [9.17, 15) is 0 Å². The molecule has 0 atom stereocenters. The van der Waals surface area contributed by atoms with Gasteiger partial charge >= 0.3 is 0 Å². The maximum Gasteiger partial charge on any atom is 0.0214 e. The Morgan fingerprint density at radius 1 is 1.36 bits per heavy atom. The van der Waals surface area contributed by atoms with E-state index in [1.165, 1.54) is 0 Å². The van der Waals surface area contributed by atoms with Crippen LogP contribution in [-0.4, -0.2) is 24.0 Å². The second-order valence-corrected chi connectivity index (χ2v) is 3.55. The van der Waals surface area contributed by atoms with Crippen LogP contribution in [-0.2, 0) is 0 Å². The molecule has 66 valence electrons. The molecule has 0 rings (SSSR count). The molecule has 0 spiro atoms. The van der Waals surface area contributed by atoms with Crippen molar-refractivity contribution in [1.29, 1.82) is 0 Å². The summed E-state index contributed by atoms with van der Waals surface area (Å²) in [4.78, 5) is 2.26. The Morgan fingerprint density at radius 2 is 1.82 bits per heavy atom. The van der Waals surface area contributed by atoms with Crippen molar-refractivity contribution in [3.63, 3.8) is 0 Å². The molecule has 0 amide bonds. The van der Waals surface area contributed by atoms with Crippen LogP contribution < -0.4 is 0 Å². The van der Waals surface area contributed by atoms with Crippen LogP contribution in [0.2, 0.25) is 0 Å². The molecule has 0 saturated carbocycles. The molecule has 0 aromatic rings. The molecule has 0 unspecified atom stereocenters. The minimum atomic E-state index is 0. The second-order valence-electron chi connectivity index (χ2n) is 3.55. The van der Waals surface area contributed by atoms with Crippen LogP contribution in [0.3, 0.4) is 0 Å². The van der Waals surface area contributed by atoms with Gasteiger partial charge in [-0.25, -0.2) is 0 Å². The van der Waals surface area contributed by atoms with E-state index in [-0.39, 0.29) is 17.9 Å². The molecule has 0 bridgehead atoms. The van der Waals surface area contributed by atoms with Gasteiger partial charge in [0, 0.05) is 18.5 Å². The number of rotatable bonds is 2. The molecule has 0 fully saturated rings. The lowest BCUT2D eigenvalue weighted by atomic mass is 10.1. The summed E-state index contributed by atoms with van der Waals surface area (Å²) >= 11 is 0. The fourth-order valence-electron chi connectivity index (χ4n) is 0.568. The van der Waals surface area contributed by atoms with Crippen LogP contribution in [0.1, 0.15) is 27.2 Å². The number of terminal acetylenes is 1. The highest BCUT2D eigenvalue weighted by Crippen LogP contribution is 2.09. The van der Waals surface area contributed by atoms with Crippen LogP contribution in [0.15, 0.2) is 0 Å². The van der Waals surface area contributed by atoms with Gasteiger partial charge in [-0.05, 0) is 27.8 Å². The molecule has 0 radical (unpaired) electrons. The van der Waals surface area contributed by atoms with Gasteiger partial charge in [0.05, 0.1) is 0 Å². The molecular formula is C9H18ClN. The topological polar surface area (TPSA) is 3.24 Å². The maximum absolute atomic E-state index is 5.14. The van der Waals surface area contributed by atoms with Crippen LogP contribution >= 0.6 is 12.4 Å². The minimum Gasteiger partial charge on any atom is -0.301 e. The first kappa shape index (κ1) is 13.4. The number of halogens is 1. The third kappa shape index (κ3) is 6.22. The van der Waals surface area contributed by atoms with E-state index in [2.05, 4.69) is 38.6 Å². The molecule has 0 aliphatic carbocycles. The van der Waals surface area contributed by atoms with E-state index in [1.807, 2.05) is 0 Å². The summed E-state index contributed by atoms with van der Waals surface area (Å²) in [7, 11) is 2.09. The molecule has 0 heterocycles. The van der Waals surface area contributed by atoms with Crippen LogP contribution in [0, 0.1) is 12.3 Å². The van der Waals surface area contributed by atoms with E-state index in [0.29, 0.717) is 0 Å². The van der Waals surface area contributed by atoms with Gasteiger partial charge in [-0.15, -0.1) is 24.8 Å². The number of hydrogen-bond acceptors (Lipinski definition) is 1. The third-order valence-electron chi connectivity index (χ3n) is 1.74. The molecule has 0 N–H and O–H groups in total. The lowest BCUT2D eigenvalue weighted by Crippen LogP contribution is -2.38. The summed E-state index contributed by atoms with van der Waals surface area (Å²) in [5.41, 5.74) is 0.247. The Morgan fingerprint density at radius 3 is 2.09 bits per heavy atom. The van der Waals surface area contributed by atoms with Crippen molar-refractivity contribution in [2.24, 2.45) is 0 Å². The summed E-state index contributed by atoms with van der Waals surface area (Å²) in [5, 5.41) is 0.